The first-order chi connectivity index (χ1) is 17.5. The molecule has 2 fully saturated rings. The van der Waals surface area contributed by atoms with Gasteiger partial charge in [-0.2, -0.15) is 5.10 Å². The maximum atomic E-state index is 13.3. The Morgan fingerprint density at radius 2 is 1.50 bits per heavy atom. The Kier molecular flexibility index (Phi) is 12.4. The van der Waals surface area contributed by atoms with Crippen LogP contribution in [-0.4, -0.2) is 59.1 Å². The smallest absolute Gasteiger partial charge is 0.269 e. The zero-order valence-electron chi connectivity index (χ0n) is 22.0. The predicted octanol–water partition coefficient (Wildman–Crippen LogP) is 4.24. The first-order valence-corrected chi connectivity index (χ1v) is 14.3. The number of unbranched alkanes of at least 4 members (excludes halogenated alkanes) is 2. The summed E-state index contributed by atoms with van der Waals surface area (Å²) in [6.07, 6.45) is 12.3. The average molecular weight is 524 g/mol. The lowest BCUT2D eigenvalue weighted by atomic mass is 9.92. The van der Waals surface area contributed by atoms with E-state index in [4.69, 9.17) is 9.47 Å². The molecule has 0 radical (unpaired) electrons. The van der Waals surface area contributed by atoms with Gasteiger partial charge in [0.15, 0.2) is 5.82 Å². The van der Waals surface area contributed by atoms with Crippen LogP contribution in [0.1, 0.15) is 101 Å². The summed E-state index contributed by atoms with van der Waals surface area (Å²) in [7, 11) is 0. The normalized spacial score (nSPS) is 24.3. The summed E-state index contributed by atoms with van der Waals surface area (Å²) in [4.78, 5) is 26.3. The van der Waals surface area contributed by atoms with Crippen molar-refractivity contribution in [3.05, 3.63) is 11.8 Å². The molecule has 0 saturated heterocycles. The third-order valence-electron chi connectivity index (χ3n) is 7.15. The lowest BCUT2D eigenvalue weighted by Crippen LogP contribution is -2.48. The zero-order valence-corrected chi connectivity index (χ0v) is 22.9. The molecule has 0 spiro atoms. The van der Waals surface area contributed by atoms with Crippen LogP contribution in [0.3, 0.4) is 0 Å². The molecule has 0 unspecified atom stereocenters. The van der Waals surface area contributed by atoms with Gasteiger partial charge in [0.05, 0.1) is 24.3 Å². The van der Waals surface area contributed by atoms with Gasteiger partial charge in [-0.3, -0.25) is 9.59 Å². The number of carbonyl (C=O) groups is 2. The fraction of sp³-hybridized carbons (Fsp3) is 0.808. The minimum atomic E-state index is -0.250. The highest BCUT2D eigenvalue weighted by molar-refractivity contribution is 7.81. The first kappa shape index (κ1) is 28.8. The number of hydrogen-bond acceptors (Lipinski definition) is 7. The summed E-state index contributed by atoms with van der Waals surface area (Å²) in [6.45, 7) is 5.67. The van der Waals surface area contributed by atoms with Crippen molar-refractivity contribution in [1.29, 1.82) is 0 Å². The summed E-state index contributed by atoms with van der Waals surface area (Å²) in [5, 5.41) is 10.7. The van der Waals surface area contributed by atoms with Crippen molar-refractivity contribution in [3.8, 4) is 0 Å². The number of aromatic nitrogens is 2. The summed E-state index contributed by atoms with van der Waals surface area (Å²) < 4.78 is 16.3. The van der Waals surface area contributed by atoms with Gasteiger partial charge in [0.25, 0.3) is 5.91 Å². The van der Waals surface area contributed by atoms with Gasteiger partial charge in [-0.05, 0) is 38.5 Å². The highest BCUT2D eigenvalue weighted by Crippen LogP contribution is 2.23. The molecule has 2 saturated carbocycles. The van der Waals surface area contributed by atoms with Crippen molar-refractivity contribution in [1.82, 2.24) is 20.4 Å². The van der Waals surface area contributed by atoms with E-state index >= 15 is 0 Å². The van der Waals surface area contributed by atoms with E-state index in [9.17, 15) is 9.59 Å². The van der Waals surface area contributed by atoms with Crippen LogP contribution >= 0.6 is 12.8 Å². The zero-order chi connectivity index (χ0) is 25.8. The fourth-order valence-electron chi connectivity index (χ4n) is 5.09. The molecule has 9 nitrogen and oxygen atoms in total. The van der Waals surface area contributed by atoms with Crippen LogP contribution in [0.15, 0.2) is 6.07 Å². The maximum Gasteiger partial charge on any atom is 0.269 e. The summed E-state index contributed by atoms with van der Waals surface area (Å²) in [5.74, 6) is 0.000907. The molecule has 3 N–H and O–H groups in total. The molecule has 0 bridgehead atoms. The molecule has 2 amide bonds. The molecular formula is C26H45N5O4S. The molecule has 204 valence electrons. The number of nitrogens with zero attached hydrogens (tertiary/aromatic N) is 2. The van der Waals surface area contributed by atoms with E-state index in [0.717, 1.165) is 83.7 Å². The number of ether oxygens (including phenoxy) is 2. The fourth-order valence-corrected chi connectivity index (χ4v) is 5.20. The second-order valence-electron chi connectivity index (χ2n) is 10.0. The molecule has 10 heteroatoms. The summed E-state index contributed by atoms with van der Waals surface area (Å²) >= 11 is 4.09. The molecule has 2 aliphatic rings. The van der Waals surface area contributed by atoms with Crippen LogP contribution in [0.25, 0.3) is 0 Å². The van der Waals surface area contributed by atoms with Gasteiger partial charge in [-0.1, -0.05) is 65.2 Å². The molecule has 1 aromatic heterocycles. The molecule has 3 rings (SSSR count). The maximum absolute atomic E-state index is 13.3. The largest absolute Gasteiger partial charge is 0.376 e. The van der Waals surface area contributed by atoms with E-state index < -0.39 is 0 Å². The summed E-state index contributed by atoms with van der Waals surface area (Å²) in [6, 6.07) is 1.57. The first-order valence-electron chi connectivity index (χ1n) is 13.9. The lowest BCUT2D eigenvalue weighted by Gasteiger charge is -2.32. The van der Waals surface area contributed by atoms with Gasteiger partial charge in [-0.15, -0.1) is 0 Å². The predicted molar refractivity (Wildman–Crippen MR) is 144 cm³/mol. The average Bonchev–Trinajstić information content (AvgIpc) is 3.29. The van der Waals surface area contributed by atoms with Crippen LogP contribution in [0.2, 0.25) is 0 Å². The SMILES string of the molecule is CCCCO[C@H]1CCCC[C@@H]1NC(=O)c1cc(NS)nn1CC(=O)N[C@@H]1CCCC[C@H]1OCCCC. The van der Waals surface area contributed by atoms with Gasteiger partial charge < -0.3 is 24.8 Å². The lowest BCUT2D eigenvalue weighted by molar-refractivity contribution is -0.124. The van der Waals surface area contributed by atoms with Crippen molar-refractivity contribution >= 4 is 30.4 Å². The van der Waals surface area contributed by atoms with Crippen molar-refractivity contribution in [2.45, 2.75) is 122 Å². The van der Waals surface area contributed by atoms with Crippen molar-refractivity contribution in [2.75, 3.05) is 17.9 Å². The van der Waals surface area contributed by atoms with Crippen LogP contribution in [0.4, 0.5) is 5.82 Å². The number of carbonyl (C=O) groups excluding carboxylic acids is 2. The minimum Gasteiger partial charge on any atom is -0.376 e. The van der Waals surface area contributed by atoms with E-state index in [0.29, 0.717) is 18.1 Å². The van der Waals surface area contributed by atoms with Crippen LogP contribution in [0.5, 0.6) is 0 Å². The number of anilines is 1. The van der Waals surface area contributed by atoms with E-state index in [1.165, 1.54) is 4.68 Å². The Bertz CT molecular complexity index is 820. The van der Waals surface area contributed by atoms with Gasteiger partial charge in [0.2, 0.25) is 5.91 Å². The molecule has 1 heterocycles. The molecular weight excluding hydrogens is 478 g/mol. The number of hydrogen-bond donors (Lipinski definition) is 4. The van der Waals surface area contributed by atoms with Crippen molar-refractivity contribution in [3.63, 3.8) is 0 Å². The second-order valence-corrected chi connectivity index (χ2v) is 10.3. The third-order valence-corrected chi connectivity index (χ3v) is 7.38. The molecule has 1 aromatic rings. The molecule has 4 atom stereocenters. The van der Waals surface area contributed by atoms with Gasteiger partial charge >= 0.3 is 0 Å². The van der Waals surface area contributed by atoms with E-state index in [2.05, 4.69) is 47.1 Å². The van der Waals surface area contributed by atoms with E-state index in [-0.39, 0.29) is 42.7 Å². The van der Waals surface area contributed by atoms with Crippen LogP contribution in [0, 0.1) is 0 Å². The topological polar surface area (TPSA) is 107 Å². The van der Waals surface area contributed by atoms with Gasteiger partial charge in [-0.25, -0.2) is 4.68 Å². The Labute approximate surface area is 221 Å². The van der Waals surface area contributed by atoms with Crippen molar-refractivity contribution in [2.24, 2.45) is 0 Å². The van der Waals surface area contributed by atoms with Crippen LogP contribution in [-0.2, 0) is 20.8 Å². The third kappa shape index (κ3) is 8.66. The Balaban J connectivity index is 1.62. The number of amides is 2. The Morgan fingerprint density at radius 1 is 0.944 bits per heavy atom. The van der Waals surface area contributed by atoms with Gasteiger partial charge in [0, 0.05) is 19.3 Å². The summed E-state index contributed by atoms with van der Waals surface area (Å²) in [5.41, 5.74) is 0.332. The monoisotopic (exact) mass is 523 g/mol. The number of nitrogens with one attached hydrogen (secondary N) is 3. The molecule has 36 heavy (non-hydrogen) atoms. The Morgan fingerprint density at radius 3 is 2.06 bits per heavy atom. The van der Waals surface area contributed by atoms with E-state index in [1.807, 2.05) is 0 Å². The highest BCUT2D eigenvalue weighted by Gasteiger charge is 2.30. The van der Waals surface area contributed by atoms with Crippen molar-refractivity contribution < 1.29 is 19.1 Å². The quantitative estimate of drug-likeness (QED) is 0.215. The Hall–Kier alpha value is -1.78. The molecule has 0 aliphatic heterocycles. The number of rotatable bonds is 14. The highest BCUT2D eigenvalue weighted by atomic mass is 32.1. The number of thiol groups is 1. The standard InChI is InChI=1S/C26H45N5O4S/c1-3-5-15-34-22-13-9-7-11-19(22)27-25(32)18-31-21(17-24(29-31)30-36)26(33)28-20-12-8-10-14-23(20)35-16-6-4-2/h17,19-20,22-23,36H,3-16,18H2,1-2H3,(H,27,32)(H,28,33)(H,29,30)/t19-,20+,22-,23+/m1/s1. The van der Waals surface area contributed by atoms with E-state index in [1.54, 1.807) is 6.07 Å². The molecule has 2 aliphatic carbocycles. The van der Waals surface area contributed by atoms with Gasteiger partial charge in [0.1, 0.15) is 12.2 Å². The minimum absolute atomic E-state index is 0.0123. The van der Waals surface area contributed by atoms with Crippen LogP contribution < -0.4 is 15.4 Å². The molecule has 0 aromatic carbocycles. The second kappa shape index (κ2) is 15.5.